The fourth-order valence-corrected chi connectivity index (χ4v) is 3.02. The molecular formula is C17H23N3O3. The molecule has 6 nitrogen and oxygen atoms in total. The molecule has 0 bridgehead atoms. The van der Waals surface area contributed by atoms with Crippen LogP contribution in [0.4, 0.5) is 0 Å². The number of aryl methyl sites for hydroxylation is 1. The molecule has 2 aromatic rings. The van der Waals surface area contributed by atoms with Crippen LogP contribution in [0.3, 0.4) is 0 Å². The lowest BCUT2D eigenvalue weighted by Crippen LogP contribution is -2.47. The molecule has 0 radical (unpaired) electrons. The molecule has 1 N–H and O–H groups in total. The Morgan fingerprint density at radius 2 is 2.09 bits per heavy atom. The number of rotatable bonds is 4. The summed E-state index contributed by atoms with van der Waals surface area (Å²) in [6.45, 7) is 9.25. The van der Waals surface area contributed by atoms with E-state index in [1.807, 2.05) is 19.1 Å². The second-order valence-corrected chi connectivity index (χ2v) is 6.22. The SMILES string of the molecule is Cc1ccc2oc(C(=O)NCCN3C[C@@H](C)O[C@H](C)C3)cc2n1. The summed E-state index contributed by atoms with van der Waals surface area (Å²) in [4.78, 5) is 18.9. The van der Waals surface area contributed by atoms with Gasteiger partial charge in [0, 0.05) is 37.9 Å². The Morgan fingerprint density at radius 1 is 1.35 bits per heavy atom. The number of pyridine rings is 1. The van der Waals surface area contributed by atoms with Crippen LogP contribution in [0.15, 0.2) is 22.6 Å². The molecule has 6 heteroatoms. The number of fused-ring (bicyclic) bond motifs is 1. The van der Waals surface area contributed by atoms with Gasteiger partial charge in [-0.2, -0.15) is 0 Å². The molecule has 0 aromatic carbocycles. The molecule has 0 saturated carbocycles. The molecule has 1 saturated heterocycles. The highest BCUT2D eigenvalue weighted by Gasteiger charge is 2.22. The summed E-state index contributed by atoms with van der Waals surface area (Å²) in [5, 5.41) is 2.91. The smallest absolute Gasteiger partial charge is 0.287 e. The van der Waals surface area contributed by atoms with Gasteiger partial charge in [-0.25, -0.2) is 4.98 Å². The fourth-order valence-electron chi connectivity index (χ4n) is 3.02. The first-order chi connectivity index (χ1) is 11.0. The average molecular weight is 317 g/mol. The third kappa shape index (κ3) is 3.89. The first-order valence-corrected chi connectivity index (χ1v) is 8.04. The highest BCUT2D eigenvalue weighted by Crippen LogP contribution is 2.17. The Bertz CT molecular complexity index is 687. The number of nitrogens with zero attached hydrogens (tertiary/aromatic N) is 2. The number of hydrogen-bond acceptors (Lipinski definition) is 5. The van der Waals surface area contributed by atoms with Gasteiger partial charge in [0.1, 0.15) is 5.52 Å². The van der Waals surface area contributed by atoms with Crippen LogP contribution in [0.25, 0.3) is 11.1 Å². The zero-order valence-electron chi connectivity index (χ0n) is 13.8. The minimum atomic E-state index is -0.199. The van der Waals surface area contributed by atoms with E-state index in [0.29, 0.717) is 23.4 Å². The Kier molecular flexibility index (Phi) is 4.63. The Morgan fingerprint density at radius 3 is 2.83 bits per heavy atom. The Labute approximate surface area is 135 Å². The number of amides is 1. The number of nitrogens with one attached hydrogen (secondary N) is 1. The molecule has 1 fully saturated rings. The lowest BCUT2D eigenvalue weighted by molar-refractivity contribution is -0.0672. The monoisotopic (exact) mass is 317 g/mol. The number of ether oxygens (including phenoxy) is 1. The van der Waals surface area contributed by atoms with Crippen LogP contribution in [-0.2, 0) is 4.74 Å². The number of morpholine rings is 1. The van der Waals surface area contributed by atoms with E-state index >= 15 is 0 Å². The summed E-state index contributed by atoms with van der Waals surface area (Å²) in [5.41, 5.74) is 2.25. The third-order valence-corrected chi connectivity index (χ3v) is 3.95. The predicted octanol–water partition coefficient (Wildman–Crippen LogP) is 1.98. The quantitative estimate of drug-likeness (QED) is 0.934. The van der Waals surface area contributed by atoms with Crippen molar-refractivity contribution in [3.8, 4) is 0 Å². The number of aromatic nitrogens is 1. The second kappa shape index (κ2) is 6.68. The zero-order chi connectivity index (χ0) is 16.4. The van der Waals surface area contributed by atoms with Gasteiger partial charge in [0.2, 0.25) is 0 Å². The van der Waals surface area contributed by atoms with Crippen LogP contribution in [-0.4, -0.2) is 54.2 Å². The van der Waals surface area contributed by atoms with Crippen molar-refractivity contribution in [2.45, 2.75) is 33.0 Å². The predicted molar refractivity (Wildman–Crippen MR) is 87.5 cm³/mol. The van der Waals surface area contributed by atoms with Crippen LogP contribution in [0, 0.1) is 6.92 Å². The minimum Gasteiger partial charge on any atom is -0.449 e. The normalized spacial score (nSPS) is 22.4. The topological polar surface area (TPSA) is 67.6 Å². The largest absolute Gasteiger partial charge is 0.449 e. The first-order valence-electron chi connectivity index (χ1n) is 8.04. The van der Waals surface area contributed by atoms with Gasteiger partial charge < -0.3 is 14.5 Å². The molecule has 2 aromatic heterocycles. The number of furan rings is 1. The van der Waals surface area contributed by atoms with Crippen molar-refractivity contribution in [3.05, 3.63) is 29.7 Å². The fraction of sp³-hybridized carbons (Fsp3) is 0.529. The van der Waals surface area contributed by atoms with Gasteiger partial charge in [-0.15, -0.1) is 0 Å². The number of carbonyl (C=O) groups excluding carboxylic acids is 1. The van der Waals surface area contributed by atoms with Crippen LogP contribution in [0.1, 0.15) is 30.1 Å². The van der Waals surface area contributed by atoms with Crippen LogP contribution < -0.4 is 5.32 Å². The van der Waals surface area contributed by atoms with Crippen LogP contribution >= 0.6 is 0 Å². The molecule has 2 atom stereocenters. The van der Waals surface area contributed by atoms with Gasteiger partial charge in [-0.05, 0) is 32.9 Å². The van der Waals surface area contributed by atoms with Gasteiger partial charge in [-0.3, -0.25) is 9.69 Å². The van der Waals surface area contributed by atoms with Crippen molar-refractivity contribution in [3.63, 3.8) is 0 Å². The maximum Gasteiger partial charge on any atom is 0.287 e. The number of hydrogen-bond donors (Lipinski definition) is 1. The molecule has 124 valence electrons. The molecule has 1 aliphatic rings. The summed E-state index contributed by atoms with van der Waals surface area (Å²) in [5.74, 6) is 0.108. The molecule has 0 spiro atoms. The molecule has 1 aliphatic heterocycles. The third-order valence-electron chi connectivity index (χ3n) is 3.95. The van der Waals surface area contributed by atoms with E-state index in [9.17, 15) is 4.79 Å². The molecule has 3 rings (SSSR count). The Hall–Kier alpha value is -1.92. The van der Waals surface area contributed by atoms with E-state index in [0.717, 1.165) is 25.3 Å². The van der Waals surface area contributed by atoms with Crippen molar-refractivity contribution in [2.24, 2.45) is 0 Å². The summed E-state index contributed by atoms with van der Waals surface area (Å²) in [7, 11) is 0. The maximum absolute atomic E-state index is 12.2. The Balaban J connectivity index is 1.54. The molecule has 1 amide bonds. The van der Waals surface area contributed by atoms with Crippen molar-refractivity contribution in [2.75, 3.05) is 26.2 Å². The molecule has 0 aliphatic carbocycles. The van der Waals surface area contributed by atoms with Crippen molar-refractivity contribution in [1.82, 2.24) is 15.2 Å². The first kappa shape index (κ1) is 16.0. The summed E-state index contributed by atoms with van der Waals surface area (Å²) < 4.78 is 11.3. The molecular weight excluding hydrogens is 294 g/mol. The van der Waals surface area contributed by atoms with Crippen LogP contribution in [0.5, 0.6) is 0 Å². The van der Waals surface area contributed by atoms with E-state index in [4.69, 9.17) is 9.15 Å². The molecule has 0 unspecified atom stereocenters. The van der Waals surface area contributed by atoms with E-state index in [1.54, 1.807) is 6.07 Å². The lowest BCUT2D eigenvalue weighted by atomic mass is 10.2. The van der Waals surface area contributed by atoms with E-state index < -0.39 is 0 Å². The molecule has 3 heterocycles. The maximum atomic E-state index is 12.2. The molecule has 23 heavy (non-hydrogen) atoms. The van der Waals surface area contributed by atoms with Crippen molar-refractivity contribution in [1.29, 1.82) is 0 Å². The summed E-state index contributed by atoms with van der Waals surface area (Å²) in [6, 6.07) is 5.40. The van der Waals surface area contributed by atoms with Gasteiger partial charge in [0.05, 0.1) is 12.2 Å². The average Bonchev–Trinajstić information content (AvgIpc) is 2.89. The van der Waals surface area contributed by atoms with Gasteiger partial charge >= 0.3 is 0 Å². The lowest BCUT2D eigenvalue weighted by Gasteiger charge is -2.35. The van der Waals surface area contributed by atoms with Gasteiger partial charge in [0.15, 0.2) is 11.3 Å². The summed E-state index contributed by atoms with van der Waals surface area (Å²) in [6.07, 6.45) is 0.471. The summed E-state index contributed by atoms with van der Waals surface area (Å²) >= 11 is 0. The highest BCUT2D eigenvalue weighted by molar-refractivity contribution is 5.95. The van der Waals surface area contributed by atoms with E-state index in [2.05, 4.69) is 29.0 Å². The van der Waals surface area contributed by atoms with Gasteiger partial charge in [-0.1, -0.05) is 0 Å². The highest BCUT2D eigenvalue weighted by atomic mass is 16.5. The van der Waals surface area contributed by atoms with Crippen molar-refractivity contribution < 1.29 is 13.9 Å². The minimum absolute atomic E-state index is 0.199. The van der Waals surface area contributed by atoms with Crippen LogP contribution in [0.2, 0.25) is 0 Å². The van der Waals surface area contributed by atoms with Gasteiger partial charge in [0.25, 0.3) is 5.91 Å². The zero-order valence-corrected chi connectivity index (χ0v) is 13.8. The van der Waals surface area contributed by atoms with E-state index in [-0.39, 0.29) is 18.1 Å². The van der Waals surface area contributed by atoms with E-state index in [1.165, 1.54) is 0 Å². The number of carbonyl (C=O) groups is 1. The second-order valence-electron chi connectivity index (χ2n) is 6.22. The van der Waals surface area contributed by atoms with Crippen molar-refractivity contribution >= 4 is 17.0 Å². The standard InChI is InChI=1S/C17H23N3O3/c1-11-4-5-15-14(19-11)8-16(23-15)17(21)18-6-7-20-9-12(2)22-13(3)10-20/h4-5,8,12-13H,6-7,9-10H2,1-3H3,(H,18,21)/t12-,13-/m1/s1.